The number of aryl methyl sites for hydroxylation is 2. The van der Waals surface area contributed by atoms with Gasteiger partial charge < -0.3 is 15.2 Å². The first-order chi connectivity index (χ1) is 9.67. The Morgan fingerprint density at radius 1 is 1.10 bits per heavy atom. The van der Waals surface area contributed by atoms with E-state index in [9.17, 15) is 0 Å². The van der Waals surface area contributed by atoms with Gasteiger partial charge in [0, 0.05) is 31.3 Å². The van der Waals surface area contributed by atoms with Crippen molar-refractivity contribution in [3.8, 4) is 0 Å². The average molecular weight is 276 g/mol. The van der Waals surface area contributed by atoms with Crippen molar-refractivity contribution in [3.05, 3.63) is 23.5 Å². The Labute approximate surface area is 118 Å². The van der Waals surface area contributed by atoms with Gasteiger partial charge in [0.1, 0.15) is 5.82 Å². The van der Waals surface area contributed by atoms with Gasteiger partial charge in [-0.3, -0.25) is 0 Å². The standard InChI is InChI=1S/C13H20N6O/c1-4-6-15-13-16-9(2)8-11(18-13)14-7-5-12-17-10(3)19-20-12/h8H,4-7H2,1-3H3,(H2,14,15,16,18). The van der Waals surface area contributed by atoms with Crippen LogP contribution in [0.3, 0.4) is 0 Å². The van der Waals surface area contributed by atoms with Gasteiger partial charge in [0.2, 0.25) is 11.8 Å². The summed E-state index contributed by atoms with van der Waals surface area (Å²) in [4.78, 5) is 12.9. The maximum absolute atomic E-state index is 5.06. The molecule has 2 N–H and O–H groups in total. The number of anilines is 2. The van der Waals surface area contributed by atoms with Crippen molar-refractivity contribution in [2.45, 2.75) is 33.6 Å². The fraction of sp³-hybridized carbons (Fsp3) is 0.538. The van der Waals surface area contributed by atoms with Crippen LogP contribution in [0.4, 0.5) is 11.8 Å². The second-order valence-electron chi connectivity index (χ2n) is 4.56. The van der Waals surface area contributed by atoms with E-state index in [1.807, 2.05) is 13.0 Å². The summed E-state index contributed by atoms with van der Waals surface area (Å²) < 4.78 is 5.06. The zero-order valence-corrected chi connectivity index (χ0v) is 12.1. The highest BCUT2D eigenvalue weighted by atomic mass is 16.5. The Balaban J connectivity index is 1.89. The Morgan fingerprint density at radius 2 is 1.95 bits per heavy atom. The highest BCUT2D eigenvalue weighted by molar-refractivity contribution is 5.42. The summed E-state index contributed by atoms with van der Waals surface area (Å²) in [6.07, 6.45) is 1.71. The van der Waals surface area contributed by atoms with Gasteiger partial charge in [-0.15, -0.1) is 0 Å². The van der Waals surface area contributed by atoms with E-state index in [0.29, 0.717) is 30.6 Å². The van der Waals surface area contributed by atoms with E-state index in [4.69, 9.17) is 4.52 Å². The van der Waals surface area contributed by atoms with Crippen LogP contribution < -0.4 is 10.6 Å². The Hall–Kier alpha value is -2.18. The predicted molar refractivity (Wildman–Crippen MR) is 76.8 cm³/mol. The van der Waals surface area contributed by atoms with Crippen molar-refractivity contribution in [2.75, 3.05) is 23.7 Å². The Morgan fingerprint density at radius 3 is 2.65 bits per heavy atom. The third-order valence-corrected chi connectivity index (χ3v) is 2.60. The van der Waals surface area contributed by atoms with E-state index in [2.05, 4.69) is 37.7 Å². The van der Waals surface area contributed by atoms with Gasteiger partial charge in [0.05, 0.1) is 0 Å². The lowest BCUT2D eigenvalue weighted by atomic mass is 10.4. The SMILES string of the molecule is CCCNc1nc(C)cc(NCCc2nc(C)no2)n1. The molecule has 0 fully saturated rings. The summed E-state index contributed by atoms with van der Waals surface area (Å²) in [5, 5.41) is 10.2. The molecular weight excluding hydrogens is 256 g/mol. The van der Waals surface area contributed by atoms with E-state index < -0.39 is 0 Å². The first-order valence-electron chi connectivity index (χ1n) is 6.80. The minimum Gasteiger partial charge on any atom is -0.369 e. The van der Waals surface area contributed by atoms with Crippen molar-refractivity contribution in [1.82, 2.24) is 20.1 Å². The monoisotopic (exact) mass is 276 g/mol. The number of aromatic nitrogens is 4. The van der Waals surface area contributed by atoms with E-state index >= 15 is 0 Å². The lowest BCUT2D eigenvalue weighted by Gasteiger charge is -2.08. The predicted octanol–water partition coefficient (Wildman–Crippen LogP) is 1.95. The molecule has 7 heteroatoms. The number of nitrogens with one attached hydrogen (secondary N) is 2. The second-order valence-corrected chi connectivity index (χ2v) is 4.56. The molecule has 0 spiro atoms. The van der Waals surface area contributed by atoms with Gasteiger partial charge in [-0.25, -0.2) is 4.98 Å². The quantitative estimate of drug-likeness (QED) is 0.799. The van der Waals surface area contributed by atoms with Crippen molar-refractivity contribution in [3.63, 3.8) is 0 Å². The van der Waals surface area contributed by atoms with Crippen molar-refractivity contribution < 1.29 is 4.52 Å². The molecule has 0 amide bonds. The minimum absolute atomic E-state index is 0.630. The summed E-state index contributed by atoms with van der Waals surface area (Å²) in [6.45, 7) is 7.41. The van der Waals surface area contributed by atoms with Crippen LogP contribution in [0.25, 0.3) is 0 Å². The Bertz CT molecular complexity index is 554. The van der Waals surface area contributed by atoms with Gasteiger partial charge in [-0.2, -0.15) is 9.97 Å². The molecule has 108 valence electrons. The maximum atomic E-state index is 5.06. The first-order valence-corrected chi connectivity index (χ1v) is 6.80. The lowest BCUT2D eigenvalue weighted by Crippen LogP contribution is -2.10. The van der Waals surface area contributed by atoms with Gasteiger partial charge in [0.15, 0.2) is 5.82 Å². The summed E-state index contributed by atoms with van der Waals surface area (Å²) in [7, 11) is 0. The zero-order chi connectivity index (χ0) is 14.4. The van der Waals surface area contributed by atoms with Gasteiger partial charge in [-0.05, 0) is 20.3 Å². The zero-order valence-electron chi connectivity index (χ0n) is 12.1. The summed E-state index contributed by atoms with van der Waals surface area (Å²) in [5.41, 5.74) is 0.926. The number of rotatable bonds is 7. The molecular formula is C13H20N6O. The van der Waals surface area contributed by atoms with Crippen molar-refractivity contribution >= 4 is 11.8 Å². The lowest BCUT2D eigenvalue weighted by molar-refractivity contribution is 0.377. The summed E-state index contributed by atoms with van der Waals surface area (Å²) in [6, 6.07) is 1.91. The molecule has 2 aromatic heterocycles. The molecule has 7 nitrogen and oxygen atoms in total. The second kappa shape index (κ2) is 6.83. The molecule has 0 unspecified atom stereocenters. The molecule has 0 aliphatic heterocycles. The van der Waals surface area contributed by atoms with Crippen LogP contribution in [-0.2, 0) is 6.42 Å². The molecule has 20 heavy (non-hydrogen) atoms. The third-order valence-electron chi connectivity index (χ3n) is 2.60. The van der Waals surface area contributed by atoms with Crippen molar-refractivity contribution in [1.29, 1.82) is 0 Å². The fourth-order valence-corrected chi connectivity index (χ4v) is 1.71. The topological polar surface area (TPSA) is 88.8 Å². The molecule has 2 heterocycles. The Kier molecular flexibility index (Phi) is 4.86. The normalized spacial score (nSPS) is 10.6. The van der Waals surface area contributed by atoms with Gasteiger partial charge in [-0.1, -0.05) is 12.1 Å². The number of hydrogen-bond acceptors (Lipinski definition) is 7. The number of hydrogen-bond donors (Lipinski definition) is 2. The van der Waals surface area contributed by atoms with Crippen LogP contribution >= 0.6 is 0 Å². The van der Waals surface area contributed by atoms with E-state index in [0.717, 1.165) is 24.5 Å². The van der Waals surface area contributed by atoms with E-state index in [-0.39, 0.29) is 0 Å². The average Bonchev–Trinajstić information content (AvgIpc) is 2.81. The molecule has 0 aliphatic rings. The van der Waals surface area contributed by atoms with Crippen LogP contribution in [0.15, 0.2) is 10.6 Å². The number of nitrogens with zero attached hydrogens (tertiary/aromatic N) is 4. The minimum atomic E-state index is 0.630. The first kappa shape index (κ1) is 14.2. The van der Waals surface area contributed by atoms with Crippen LogP contribution in [0.2, 0.25) is 0 Å². The highest BCUT2D eigenvalue weighted by Gasteiger charge is 2.04. The van der Waals surface area contributed by atoms with Crippen LogP contribution in [0.5, 0.6) is 0 Å². The van der Waals surface area contributed by atoms with Gasteiger partial charge >= 0.3 is 0 Å². The molecule has 0 aliphatic carbocycles. The molecule has 0 radical (unpaired) electrons. The summed E-state index contributed by atoms with van der Waals surface area (Å²) in [5.74, 6) is 2.74. The van der Waals surface area contributed by atoms with Crippen LogP contribution in [-0.4, -0.2) is 33.2 Å². The molecule has 2 aromatic rings. The van der Waals surface area contributed by atoms with E-state index in [1.165, 1.54) is 0 Å². The molecule has 0 aromatic carbocycles. The largest absolute Gasteiger partial charge is 0.369 e. The maximum Gasteiger partial charge on any atom is 0.228 e. The third kappa shape index (κ3) is 4.18. The summed E-state index contributed by atoms with van der Waals surface area (Å²) >= 11 is 0. The van der Waals surface area contributed by atoms with Gasteiger partial charge in [0.25, 0.3) is 0 Å². The smallest absolute Gasteiger partial charge is 0.228 e. The molecule has 0 saturated carbocycles. The molecule has 0 bridgehead atoms. The van der Waals surface area contributed by atoms with Crippen LogP contribution in [0.1, 0.15) is 30.8 Å². The fourth-order valence-electron chi connectivity index (χ4n) is 1.71. The molecule has 2 rings (SSSR count). The highest BCUT2D eigenvalue weighted by Crippen LogP contribution is 2.09. The van der Waals surface area contributed by atoms with Crippen LogP contribution in [0, 0.1) is 13.8 Å². The molecule has 0 atom stereocenters. The molecule has 0 saturated heterocycles. The van der Waals surface area contributed by atoms with Crippen molar-refractivity contribution in [2.24, 2.45) is 0 Å². The van der Waals surface area contributed by atoms with E-state index in [1.54, 1.807) is 6.92 Å².